The van der Waals surface area contributed by atoms with E-state index in [4.69, 9.17) is 14.2 Å². The number of hydrogen-bond acceptors (Lipinski definition) is 7. The smallest absolute Gasteiger partial charge is 0.242 e. The highest BCUT2D eigenvalue weighted by atomic mass is 16.5. The van der Waals surface area contributed by atoms with E-state index in [0.717, 1.165) is 36.0 Å². The van der Waals surface area contributed by atoms with Crippen LogP contribution in [0.5, 0.6) is 17.2 Å². The number of allylic oxidation sites excluding steroid dienone is 1. The summed E-state index contributed by atoms with van der Waals surface area (Å²) in [4.78, 5) is 39.4. The highest BCUT2D eigenvalue weighted by molar-refractivity contribution is 5.86. The Morgan fingerprint density at radius 3 is 2.41 bits per heavy atom. The minimum atomic E-state index is -0.581. The van der Waals surface area contributed by atoms with Crippen molar-refractivity contribution in [2.24, 2.45) is 5.92 Å². The second kappa shape index (κ2) is 15.1. The molecule has 0 spiro atoms. The van der Waals surface area contributed by atoms with E-state index in [-0.39, 0.29) is 23.2 Å². The highest BCUT2D eigenvalue weighted by Crippen LogP contribution is 2.50. The largest absolute Gasteiger partial charge is 0.493 e. The normalized spacial score (nSPS) is 16.4. The summed E-state index contributed by atoms with van der Waals surface area (Å²) in [7, 11) is 4.70. The van der Waals surface area contributed by atoms with Gasteiger partial charge in [0.05, 0.1) is 33.1 Å². The number of methoxy groups -OCH3 is 3. The lowest BCUT2D eigenvalue weighted by molar-refractivity contribution is -0.122. The van der Waals surface area contributed by atoms with E-state index in [1.807, 2.05) is 12.1 Å². The van der Waals surface area contributed by atoms with Crippen LogP contribution < -0.4 is 35.6 Å². The van der Waals surface area contributed by atoms with Gasteiger partial charge in [-0.15, -0.1) is 0 Å². The molecule has 3 N–H and O–H groups in total. The zero-order valence-corrected chi connectivity index (χ0v) is 26.9. The van der Waals surface area contributed by atoms with Gasteiger partial charge in [0.25, 0.3) is 0 Å². The Balaban J connectivity index is 1.74. The molecule has 0 bridgehead atoms. The average molecular weight is 606 g/mol. The number of ether oxygens (including phenoxy) is 3. The molecule has 238 valence electrons. The summed E-state index contributed by atoms with van der Waals surface area (Å²) < 4.78 is 17.2. The van der Waals surface area contributed by atoms with Crippen molar-refractivity contribution >= 4 is 17.5 Å². The second-order valence-electron chi connectivity index (χ2n) is 12.1. The maximum atomic E-state index is 13.8. The number of benzene rings is 1. The predicted molar refractivity (Wildman–Crippen MR) is 174 cm³/mol. The lowest BCUT2D eigenvalue weighted by Crippen LogP contribution is -2.41. The van der Waals surface area contributed by atoms with Gasteiger partial charge in [-0.3, -0.25) is 14.4 Å². The molecule has 9 nitrogen and oxygen atoms in total. The highest BCUT2D eigenvalue weighted by Gasteiger charge is 2.30. The lowest BCUT2D eigenvalue weighted by atomic mass is 9.95. The summed E-state index contributed by atoms with van der Waals surface area (Å²) in [6, 6.07) is 6.10. The maximum Gasteiger partial charge on any atom is 0.242 e. The van der Waals surface area contributed by atoms with E-state index in [1.165, 1.54) is 25.3 Å². The van der Waals surface area contributed by atoms with Gasteiger partial charge < -0.3 is 30.2 Å². The molecule has 0 aliphatic heterocycles. The van der Waals surface area contributed by atoms with Gasteiger partial charge in [0.15, 0.2) is 11.5 Å². The Bertz CT molecular complexity index is 1450. The summed E-state index contributed by atoms with van der Waals surface area (Å²) in [5, 5.41) is 9.40. The number of anilines is 1. The van der Waals surface area contributed by atoms with Crippen LogP contribution in [0.3, 0.4) is 0 Å². The molecule has 0 fully saturated rings. The van der Waals surface area contributed by atoms with Crippen molar-refractivity contribution in [3.05, 3.63) is 57.3 Å². The van der Waals surface area contributed by atoms with E-state index in [0.29, 0.717) is 54.3 Å². The molecule has 0 aromatic heterocycles. The predicted octanol–water partition coefficient (Wildman–Crippen LogP) is 5.70. The van der Waals surface area contributed by atoms with E-state index < -0.39 is 12.1 Å². The minimum Gasteiger partial charge on any atom is -0.493 e. The topological polar surface area (TPSA) is 115 Å². The van der Waals surface area contributed by atoms with E-state index in [2.05, 4.69) is 35.9 Å². The van der Waals surface area contributed by atoms with Crippen LogP contribution in [0, 0.1) is 5.92 Å². The fraction of sp³-hybridized carbons (Fsp3) is 0.514. The van der Waals surface area contributed by atoms with Crippen molar-refractivity contribution in [3.63, 3.8) is 0 Å². The van der Waals surface area contributed by atoms with E-state index in [9.17, 15) is 14.4 Å². The van der Waals surface area contributed by atoms with Crippen molar-refractivity contribution in [1.82, 2.24) is 10.6 Å². The number of fused-ring (bicyclic) bond motifs is 3. The first kappa shape index (κ1) is 32.9. The molecular formula is C35H47N3O6. The first-order chi connectivity index (χ1) is 21.2. The zero-order valence-electron chi connectivity index (χ0n) is 26.9. The number of rotatable bonds is 12. The van der Waals surface area contributed by atoms with Gasteiger partial charge in [-0.1, -0.05) is 31.6 Å². The van der Waals surface area contributed by atoms with Gasteiger partial charge in [-0.05, 0) is 92.2 Å². The molecule has 9 heteroatoms. The van der Waals surface area contributed by atoms with Crippen LogP contribution in [0.1, 0.15) is 82.9 Å². The van der Waals surface area contributed by atoms with Gasteiger partial charge in [0.1, 0.15) is 6.04 Å². The van der Waals surface area contributed by atoms with Gasteiger partial charge in [-0.25, -0.2) is 0 Å². The Kier molecular flexibility index (Phi) is 11.3. The third kappa shape index (κ3) is 7.73. The van der Waals surface area contributed by atoms with Crippen molar-refractivity contribution in [2.75, 3.05) is 33.2 Å². The first-order valence-electron chi connectivity index (χ1n) is 15.7. The van der Waals surface area contributed by atoms with Crippen LogP contribution in [0.2, 0.25) is 0 Å². The molecule has 0 saturated heterocycles. The van der Waals surface area contributed by atoms with Gasteiger partial charge in [-0.2, -0.15) is 0 Å². The summed E-state index contributed by atoms with van der Waals surface area (Å²) in [6.07, 6.45) is 9.54. The maximum absolute atomic E-state index is 13.8. The van der Waals surface area contributed by atoms with E-state index >= 15 is 0 Å². The van der Waals surface area contributed by atoms with Crippen LogP contribution in [0.4, 0.5) is 5.69 Å². The number of amides is 2. The molecule has 44 heavy (non-hydrogen) atoms. The van der Waals surface area contributed by atoms with Crippen molar-refractivity contribution in [3.8, 4) is 28.4 Å². The van der Waals surface area contributed by atoms with Crippen molar-refractivity contribution in [2.45, 2.75) is 84.2 Å². The number of aryl methyl sites for hydroxylation is 1. The zero-order chi connectivity index (χ0) is 31.8. The standard InChI is InChI=1S/C35H47N3O6/c1-21(2)18-29(35(41)36-17-16-23-10-8-7-9-11-23)38-28-15-13-25-26(20-30(28)40)27(37-22(3)39)14-12-24-19-31(42-4)33(43-5)34(44-6)32(24)25/h10,13,15,19-21,27,29H,7-9,11-12,14,16-18H2,1-6H3,(H,36,41)(H,37,39)(H,38,40)/t27-,29-/m0/s1. The molecule has 2 amide bonds. The molecule has 0 unspecified atom stereocenters. The Morgan fingerprint density at radius 2 is 1.77 bits per heavy atom. The molecule has 0 radical (unpaired) electrons. The van der Waals surface area contributed by atoms with Crippen LogP contribution in [-0.4, -0.2) is 45.7 Å². The minimum absolute atomic E-state index is 0.123. The Labute approximate surface area is 260 Å². The number of hydrogen-bond donors (Lipinski definition) is 3. The summed E-state index contributed by atoms with van der Waals surface area (Å²) in [5.41, 5.74) is 4.60. The Morgan fingerprint density at radius 1 is 1.00 bits per heavy atom. The molecule has 2 aromatic carbocycles. The molecule has 4 rings (SSSR count). The summed E-state index contributed by atoms with van der Waals surface area (Å²) in [6.45, 7) is 6.16. The second-order valence-corrected chi connectivity index (χ2v) is 12.1. The van der Waals surface area contributed by atoms with Crippen molar-refractivity contribution < 1.29 is 23.8 Å². The molecule has 2 atom stereocenters. The number of carbonyl (C=O) groups is 2. The van der Waals surface area contributed by atoms with Gasteiger partial charge in [0.2, 0.25) is 23.0 Å². The van der Waals surface area contributed by atoms with Crippen molar-refractivity contribution in [1.29, 1.82) is 0 Å². The average Bonchev–Trinajstić information content (AvgIpc) is 3.24. The van der Waals surface area contributed by atoms with Crippen LogP contribution in [0.15, 0.2) is 40.7 Å². The fourth-order valence-corrected chi connectivity index (χ4v) is 6.32. The SMILES string of the molecule is COc1cc2c(c(OC)c1OC)-c1ccc(N[C@@H](CC(C)C)C(=O)NCCC3=CCCCC3)c(=O)cc1[C@@H](NC(C)=O)CC2. The fourth-order valence-electron chi connectivity index (χ4n) is 6.32. The Hall–Kier alpha value is -4.01. The molecule has 2 aliphatic rings. The first-order valence-corrected chi connectivity index (χ1v) is 15.7. The number of carbonyl (C=O) groups excluding carboxylic acids is 2. The third-order valence-electron chi connectivity index (χ3n) is 8.40. The molecular weight excluding hydrogens is 558 g/mol. The quantitative estimate of drug-likeness (QED) is 0.266. The van der Waals surface area contributed by atoms with E-state index in [1.54, 1.807) is 33.5 Å². The van der Waals surface area contributed by atoms with Crippen LogP contribution >= 0.6 is 0 Å². The monoisotopic (exact) mass is 605 g/mol. The summed E-state index contributed by atoms with van der Waals surface area (Å²) >= 11 is 0. The van der Waals surface area contributed by atoms with Crippen LogP contribution in [-0.2, 0) is 16.0 Å². The molecule has 0 heterocycles. The van der Waals surface area contributed by atoms with Gasteiger partial charge >= 0.3 is 0 Å². The third-order valence-corrected chi connectivity index (χ3v) is 8.40. The number of nitrogens with one attached hydrogen (secondary N) is 3. The molecule has 0 saturated carbocycles. The van der Waals surface area contributed by atoms with Gasteiger partial charge in [0, 0.05) is 19.0 Å². The lowest BCUT2D eigenvalue weighted by Gasteiger charge is -2.21. The molecule has 2 aliphatic carbocycles. The van der Waals surface area contributed by atoms with Crippen LogP contribution in [0.25, 0.3) is 11.1 Å². The molecule has 2 aromatic rings. The summed E-state index contributed by atoms with van der Waals surface area (Å²) in [5.74, 6) is 1.39.